The molecule has 0 radical (unpaired) electrons. The minimum atomic E-state index is -0.795. The Balaban J connectivity index is 1.98. The number of nitrogens with one attached hydrogen (secondary N) is 1. The molecule has 1 heterocycles. The molecule has 1 N–H and O–H groups in total. The van der Waals surface area contributed by atoms with E-state index < -0.39 is 11.4 Å². The van der Waals surface area contributed by atoms with Crippen molar-refractivity contribution in [1.29, 1.82) is 0 Å². The number of carbonyl (C=O) groups excluding carboxylic acids is 2. The molecule has 1 saturated heterocycles. The molecular weight excluding hydrogens is 339 g/mol. The minimum absolute atomic E-state index is 0.106. The number of nitrogens with zero attached hydrogens (tertiary/aromatic N) is 1. The van der Waals surface area contributed by atoms with E-state index in [9.17, 15) is 14.0 Å². The second-order valence-corrected chi connectivity index (χ2v) is 6.50. The van der Waals surface area contributed by atoms with Crippen LogP contribution >= 0.6 is 15.9 Å². The molecule has 6 heteroatoms. The lowest BCUT2D eigenvalue weighted by molar-refractivity contribution is -0.129. The highest BCUT2D eigenvalue weighted by Crippen LogP contribution is 2.35. The van der Waals surface area contributed by atoms with Crippen LogP contribution in [0, 0.1) is 5.82 Å². The molecule has 1 aliphatic heterocycles. The van der Waals surface area contributed by atoms with Crippen LogP contribution in [0.1, 0.15) is 32.1 Å². The van der Waals surface area contributed by atoms with Gasteiger partial charge in [0.1, 0.15) is 11.4 Å². The summed E-state index contributed by atoms with van der Waals surface area (Å²) >= 11 is 3.11. The van der Waals surface area contributed by atoms with Crippen molar-refractivity contribution in [3.8, 4) is 0 Å². The summed E-state index contributed by atoms with van der Waals surface area (Å²) in [5.41, 5.74) is -0.291. The van der Waals surface area contributed by atoms with Crippen LogP contribution in [0.25, 0.3) is 0 Å². The molecule has 1 aromatic rings. The van der Waals surface area contributed by atoms with E-state index in [4.69, 9.17) is 0 Å². The summed E-state index contributed by atoms with van der Waals surface area (Å²) in [5.74, 6) is -0.637. The van der Waals surface area contributed by atoms with Crippen molar-refractivity contribution in [2.45, 2.75) is 37.6 Å². The lowest BCUT2D eigenvalue weighted by Crippen LogP contribution is -2.55. The van der Waals surface area contributed by atoms with E-state index in [0.29, 0.717) is 23.0 Å². The van der Waals surface area contributed by atoms with Crippen LogP contribution in [-0.2, 0) is 9.59 Å². The number of carbonyl (C=O) groups is 2. The van der Waals surface area contributed by atoms with E-state index in [1.165, 1.54) is 6.07 Å². The first kappa shape index (κ1) is 14.5. The first-order valence-corrected chi connectivity index (χ1v) is 7.89. The number of benzene rings is 1. The maximum atomic E-state index is 13.7. The van der Waals surface area contributed by atoms with Crippen molar-refractivity contribution in [2.75, 3.05) is 11.4 Å². The summed E-state index contributed by atoms with van der Waals surface area (Å²) in [6.07, 6.45) is 3.41. The minimum Gasteiger partial charge on any atom is -0.342 e. The monoisotopic (exact) mass is 354 g/mol. The molecule has 0 unspecified atom stereocenters. The van der Waals surface area contributed by atoms with Crippen LogP contribution in [0.3, 0.4) is 0 Å². The van der Waals surface area contributed by atoms with Crippen molar-refractivity contribution in [1.82, 2.24) is 5.32 Å². The van der Waals surface area contributed by atoms with Gasteiger partial charge in [0.05, 0.1) is 4.47 Å². The standard InChI is InChI=1S/C15H16BrFN2O2/c16-11-4-3-10(9-12(11)17)19-8-5-13(20)18-15(14(19)21)6-1-2-7-15/h3-4,9H,1-2,5-8H2,(H,18,20). The summed E-state index contributed by atoms with van der Waals surface area (Å²) in [6.45, 7) is 0.285. The molecule has 0 aromatic heterocycles. The fourth-order valence-electron chi connectivity index (χ4n) is 3.17. The third-order valence-corrected chi connectivity index (χ3v) is 4.91. The van der Waals surface area contributed by atoms with E-state index in [1.54, 1.807) is 17.0 Å². The molecule has 2 amide bonds. The zero-order valence-corrected chi connectivity index (χ0v) is 13.1. The second kappa shape index (κ2) is 5.40. The molecular formula is C15H16BrFN2O2. The van der Waals surface area contributed by atoms with Crippen LogP contribution in [-0.4, -0.2) is 23.9 Å². The number of halogens is 2. The first-order chi connectivity index (χ1) is 10.0. The SMILES string of the molecule is O=C1CCN(c2ccc(Br)c(F)c2)C(=O)C2(CCCC2)N1. The molecule has 4 nitrogen and oxygen atoms in total. The maximum Gasteiger partial charge on any atom is 0.252 e. The molecule has 0 atom stereocenters. The summed E-state index contributed by atoms with van der Waals surface area (Å²) in [5, 5.41) is 2.90. The zero-order valence-electron chi connectivity index (χ0n) is 11.5. The molecule has 1 aliphatic carbocycles. The Morgan fingerprint density at radius 3 is 2.62 bits per heavy atom. The Labute approximate surface area is 130 Å². The number of hydrogen-bond acceptors (Lipinski definition) is 2. The molecule has 2 aliphatic rings. The smallest absolute Gasteiger partial charge is 0.252 e. The van der Waals surface area contributed by atoms with Crippen molar-refractivity contribution < 1.29 is 14.0 Å². The topological polar surface area (TPSA) is 49.4 Å². The molecule has 21 heavy (non-hydrogen) atoms. The second-order valence-electron chi connectivity index (χ2n) is 5.64. The highest BCUT2D eigenvalue weighted by molar-refractivity contribution is 9.10. The van der Waals surface area contributed by atoms with Crippen molar-refractivity contribution >= 4 is 33.4 Å². The fraction of sp³-hybridized carbons (Fsp3) is 0.467. The first-order valence-electron chi connectivity index (χ1n) is 7.10. The van der Waals surface area contributed by atoms with Gasteiger partial charge in [0, 0.05) is 18.7 Å². The van der Waals surface area contributed by atoms with Crippen LogP contribution in [0.2, 0.25) is 0 Å². The van der Waals surface area contributed by atoms with Gasteiger partial charge in [0.15, 0.2) is 0 Å². The van der Waals surface area contributed by atoms with Gasteiger partial charge in [-0.1, -0.05) is 12.8 Å². The Hall–Kier alpha value is -1.43. The zero-order chi connectivity index (χ0) is 15.0. The van der Waals surface area contributed by atoms with E-state index in [2.05, 4.69) is 21.2 Å². The Bertz CT molecular complexity index is 599. The average Bonchev–Trinajstić information content (AvgIpc) is 2.87. The van der Waals surface area contributed by atoms with Gasteiger partial charge in [-0.15, -0.1) is 0 Å². The van der Waals surface area contributed by atoms with E-state index in [1.807, 2.05) is 0 Å². The van der Waals surface area contributed by atoms with Gasteiger partial charge < -0.3 is 10.2 Å². The Kier molecular flexibility index (Phi) is 3.73. The molecule has 1 saturated carbocycles. The van der Waals surface area contributed by atoms with Gasteiger partial charge in [-0.2, -0.15) is 0 Å². The lowest BCUT2D eigenvalue weighted by atomic mass is 9.95. The van der Waals surface area contributed by atoms with Crippen molar-refractivity contribution in [2.24, 2.45) is 0 Å². The van der Waals surface area contributed by atoms with E-state index >= 15 is 0 Å². The number of anilines is 1. The quantitative estimate of drug-likeness (QED) is 0.842. The third-order valence-electron chi connectivity index (χ3n) is 4.27. The van der Waals surface area contributed by atoms with Crippen LogP contribution in [0.15, 0.2) is 22.7 Å². The van der Waals surface area contributed by atoms with Gasteiger partial charge in [-0.05, 0) is 47.0 Å². The van der Waals surface area contributed by atoms with E-state index in [-0.39, 0.29) is 24.8 Å². The third kappa shape index (κ3) is 2.57. The highest BCUT2D eigenvalue weighted by atomic mass is 79.9. The molecule has 2 fully saturated rings. The summed E-state index contributed by atoms with van der Waals surface area (Å²) < 4.78 is 14.1. The van der Waals surface area contributed by atoms with Gasteiger partial charge >= 0.3 is 0 Å². The largest absolute Gasteiger partial charge is 0.342 e. The summed E-state index contributed by atoms with van der Waals surface area (Å²) in [6, 6.07) is 4.61. The van der Waals surface area contributed by atoms with Gasteiger partial charge in [0.2, 0.25) is 5.91 Å². The normalized spacial score (nSPS) is 21.5. The van der Waals surface area contributed by atoms with Crippen LogP contribution in [0.4, 0.5) is 10.1 Å². The van der Waals surface area contributed by atoms with Crippen LogP contribution < -0.4 is 10.2 Å². The fourth-order valence-corrected chi connectivity index (χ4v) is 3.42. The van der Waals surface area contributed by atoms with E-state index in [0.717, 1.165) is 12.8 Å². The maximum absolute atomic E-state index is 13.7. The molecule has 112 valence electrons. The van der Waals surface area contributed by atoms with Gasteiger partial charge in [0.25, 0.3) is 5.91 Å². The number of hydrogen-bond donors (Lipinski definition) is 1. The lowest BCUT2D eigenvalue weighted by Gasteiger charge is -2.31. The van der Waals surface area contributed by atoms with Gasteiger partial charge in [-0.25, -0.2) is 4.39 Å². The number of amides is 2. The highest BCUT2D eigenvalue weighted by Gasteiger charge is 2.46. The molecule has 1 aromatic carbocycles. The molecule has 1 spiro atoms. The van der Waals surface area contributed by atoms with Crippen LogP contribution in [0.5, 0.6) is 0 Å². The predicted octanol–water partition coefficient (Wildman–Crippen LogP) is 2.75. The average molecular weight is 355 g/mol. The van der Waals surface area contributed by atoms with Crippen molar-refractivity contribution in [3.63, 3.8) is 0 Å². The summed E-state index contributed by atoms with van der Waals surface area (Å²) in [4.78, 5) is 26.3. The van der Waals surface area contributed by atoms with Crippen molar-refractivity contribution in [3.05, 3.63) is 28.5 Å². The molecule has 3 rings (SSSR count). The summed E-state index contributed by atoms with van der Waals surface area (Å²) in [7, 11) is 0. The predicted molar refractivity (Wildman–Crippen MR) is 80.4 cm³/mol. The molecule has 0 bridgehead atoms. The van der Waals surface area contributed by atoms with Gasteiger partial charge in [-0.3, -0.25) is 9.59 Å². The Morgan fingerprint density at radius 1 is 1.24 bits per heavy atom. The number of rotatable bonds is 1. The Morgan fingerprint density at radius 2 is 1.95 bits per heavy atom.